The first-order valence-corrected chi connectivity index (χ1v) is 13.0. The molecule has 0 aliphatic heterocycles. The van der Waals surface area contributed by atoms with Gasteiger partial charge < -0.3 is 19.9 Å². The van der Waals surface area contributed by atoms with E-state index in [0.29, 0.717) is 12.8 Å². The number of sulfonamides is 1. The van der Waals surface area contributed by atoms with Crippen LogP contribution in [-0.2, 0) is 19.6 Å². The molecule has 9 nitrogen and oxygen atoms in total. The summed E-state index contributed by atoms with van der Waals surface area (Å²) in [4.78, 5) is 24.0. The maximum absolute atomic E-state index is 13.1. The Morgan fingerprint density at radius 2 is 1.65 bits per heavy atom. The van der Waals surface area contributed by atoms with Gasteiger partial charge in [-0.3, -0.25) is 14.3 Å². The van der Waals surface area contributed by atoms with E-state index < -0.39 is 45.8 Å². The predicted molar refractivity (Wildman–Crippen MR) is 128 cm³/mol. The van der Waals surface area contributed by atoms with Gasteiger partial charge in [0.25, 0.3) is 10.0 Å². The van der Waals surface area contributed by atoms with Gasteiger partial charge in [-0.2, -0.15) is 0 Å². The molecule has 0 radical (unpaired) electrons. The van der Waals surface area contributed by atoms with Crippen molar-refractivity contribution in [1.82, 2.24) is 0 Å². The normalized spacial score (nSPS) is 18.1. The summed E-state index contributed by atoms with van der Waals surface area (Å²) >= 11 is 0. The lowest BCUT2D eigenvalue weighted by Crippen LogP contribution is -2.36. The van der Waals surface area contributed by atoms with Gasteiger partial charge in [-0.1, -0.05) is 18.9 Å². The van der Waals surface area contributed by atoms with Crippen molar-refractivity contribution in [2.24, 2.45) is 11.8 Å². The molecule has 0 heterocycles. The first kappa shape index (κ1) is 28.1. The topological polar surface area (TPSA) is 131 Å². The number of aryl methyl sites for hydroxylation is 1. The van der Waals surface area contributed by atoms with Crippen molar-refractivity contribution >= 4 is 33.3 Å². The van der Waals surface area contributed by atoms with Crippen LogP contribution >= 0.6 is 0 Å². The number of nitrogens with one attached hydrogen (secondary N) is 2. The molecule has 3 rings (SSSR count). The van der Waals surface area contributed by atoms with Gasteiger partial charge >= 0.3 is 12.3 Å². The van der Waals surface area contributed by atoms with Crippen molar-refractivity contribution in [2.45, 2.75) is 50.8 Å². The standard InChI is InChI=1S/C24H27F3N2O7S/c1-3-35-20-12-15(28-22(30)17-6-4-5-7-18(17)23(31)32)10-11-21(20)37(33,34)29-16-9-8-14(2)19(13-16)36-24(25,26)27/h8-13,17-18,29H,3-7H2,1-2H3,(H,28,30)(H,31,32)/t17-,18+/m0/s1. The Morgan fingerprint density at radius 1 is 1.03 bits per heavy atom. The molecule has 0 bridgehead atoms. The summed E-state index contributed by atoms with van der Waals surface area (Å²) in [6, 6.07) is 7.27. The molecule has 2 aromatic carbocycles. The van der Waals surface area contributed by atoms with E-state index in [2.05, 4.69) is 14.8 Å². The summed E-state index contributed by atoms with van der Waals surface area (Å²) in [6.45, 7) is 3.08. The molecular formula is C24H27F3N2O7S. The predicted octanol–water partition coefficient (Wildman–Crippen LogP) is 4.92. The van der Waals surface area contributed by atoms with Crippen molar-refractivity contribution in [2.75, 3.05) is 16.6 Å². The maximum Gasteiger partial charge on any atom is 0.573 e. The third kappa shape index (κ3) is 7.28. The highest BCUT2D eigenvalue weighted by molar-refractivity contribution is 7.92. The third-order valence-corrected chi connectivity index (χ3v) is 7.31. The molecule has 2 aromatic rings. The number of anilines is 2. The molecule has 1 saturated carbocycles. The van der Waals surface area contributed by atoms with Crippen LogP contribution in [0.25, 0.3) is 0 Å². The highest BCUT2D eigenvalue weighted by atomic mass is 32.2. The second-order valence-corrected chi connectivity index (χ2v) is 10.2. The van der Waals surface area contributed by atoms with Crippen LogP contribution < -0.4 is 19.5 Å². The average molecular weight is 545 g/mol. The molecule has 37 heavy (non-hydrogen) atoms. The number of hydrogen-bond acceptors (Lipinski definition) is 6. The Morgan fingerprint density at radius 3 is 2.27 bits per heavy atom. The molecule has 13 heteroatoms. The molecule has 1 aliphatic carbocycles. The molecule has 2 atom stereocenters. The lowest BCUT2D eigenvalue weighted by atomic mass is 9.78. The largest absolute Gasteiger partial charge is 0.573 e. The fourth-order valence-electron chi connectivity index (χ4n) is 4.16. The lowest BCUT2D eigenvalue weighted by molar-refractivity contribution is -0.274. The van der Waals surface area contributed by atoms with E-state index in [1.165, 1.54) is 37.3 Å². The fraction of sp³-hybridized carbons (Fsp3) is 0.417. The summed E-state index contributed by atoms with van der Waals surface area (Å²) < 4.78 is 75.7. The number of alkyl halides is 3. The van der Waals surface area contributed by atoms with E-state index in [1.807, 2.05) is 0 Å². The molecular weight excluding hydrogens is 517 g/mol. The first-order chi connectivity index (χ1) is 17.3. The van der Waals surface area contributed by atoms with E-state index in [-0.39, 0.29) is 34.2 Å². The summed E-state index contributed by atoms with van der Waals surface area (Å²) in [5.41, 5.74) is 0.193. The highest BCUT2D eigenvalue weighted by Gasteiger charge is 2.36. The number of carboxylic acids is 1. The van der Waals surface area contributed by atoms with Crippen LogP contribution in [-0.4, -0.2) is 38.4 Å². The van der Waals surface area contributed by atoms with E-state index in [9.17, 15) is 36.3 Å². The second-order valence-electron chi connectivity index (χ2n) is 8.55. The van der Waals surface area contributed by atoms with Crippen LogP contribution in [0.5, 0.6) is 11.5 Å². The van der Waals surface area contributed by atoms with Crippen LogP contribution in [0.3, 0.4) is 0 Å². The Kier molecular flexibility index (Phi) is 8.57. The number of carbonyl (C=O) groups excluding carboxylic acids is 1. The molecule has 0 unspecified atom stereocenters. The summed E-state index contributed by atoms with van der Waals surface area (Å²) in [7, 11) is -4.33. The summed E-state index contributed by atoms with van der Waals surface area (Å²) in [5.74, 6) is -3.71. The summed E-state index contributed by atoms with van der Waals surface area (Å²) in [5, 5.41) is 12.1. The molecule has 1 fully saturated rings. The molecule has 0 spiro atoms. The summed E-state index contributed by atoms with van der Waals surface area (Å²) in [6.07, 6.45) is -2.68. The van der Waals surface area contributed by atoms with E-state index in [1.54, 1.807) is 6.92 Å². The van der Waals surface area contributed by atoms with Gasteiger partial charge in [0.15, 0.2) is 0 Å². The zero-order chi connectivity index (χ0) is 27.4. The minimum absolute atomic E-state index is 0.0811. The van der Waals surface area contributed by atoms with Crippen molar-refractivity contribution in [3.05, 3.63) is 42.0 Å². The van der Waals surface area contributed by atoms with Gasteiger partial charge in [-0.15, -0.1) is 13.2 Å². The number of carboxylic acid groups (broad SMARTS) is 1. The zero-order valence-corrected chi connectivity index (χ0v) is 20.9. The number of amides is 1. The van der Waals surface area contributed by atoms with Crippen LogP contribution in [0.2, 0.25) is 0 Å². The maximum atomic E-state index is 13.1. The van der Waals surface area contributed by atoms with Crippen molar-refractivity contribution in [1.29, 1.82) is 0 Å². The number of carbonyl (C=O) groups is 2. The first-order valence-electron chi connectivity index (χ1n) is 11.5. The number of halogens is 3. The smallest absolute Gasteiger partial charge is 0.492 e. The lowest BCUT2D eigenvalue weighted by Gasteiger charge is -2.27. The molecule has 1 amide bonds. The fourth-order valence-corrected chi connectivity index (χ4v) is 5.34. The van der Waals surface area contributed by atoms with Crippen molar-refractivity contribution in [3.8, 4) is 11.5 Å². The van der Waals surface area contributed by atoms with Gasteiger partial charge in [-0.25, -0.2) is 8.42 Å². The van der Waals surface area contributed by atoms with E-state index >= 15 is 0 Å². The van der Waals surface area contributed by atoms with Gasteiger partial charge in [0.1, 0.15) is 16.4 Å². The molecule has 202 valence electrons. The number of ether oxygens (including phenoxy) is 2. The van der Waals surface area contributed by atoms with Gasteiger partial charge in [-0.05, 0) is 50.5 Å². The van der Waals surface area contributed by atoms with Crippen LogP contribution in [0, 0.1) is 18.8 Å². The third-order valence-electron chi connectivity index (χ3n) is 5.89. The van der Waals surface area contributed by atoms with Crippen LogP contribution in [0.1, 0.15) is 38.2 Å². The average Bonchev–Trinajstić information content (AvgIpc) is 2.80. The molecule has 3 N–H and O–H groups in total. The molecule has 0 saturated heterocycles. The molecule has 1 aliphatic rings. The van der Waals surface area contributed by atoms with Gasteiger partial charge in [0.05, 0.1) is 24.1 Å². The monoisotopic (exact) mass is 544 g/mol. The van der Waals surface area contributed by atoms with Gasteiger partial charge in [0, 0.05) is 17.8 Å². The number of rotatable bonds is 9. The van der Waals surface area contributed by atoms with Crippen LogP contribution in [0.15, 0.2) is 41.3 Å². The Bertz CT molecular complexity index is 1270. The minimum atomic E-state index is -4.95. The minimum Gasteiger partial charge on any atom is -0.492 e. The SMILES string of the molecule is CCOc1cc(NC(=O)[C@H]2CCCC[C@H]2C(=O)O)ccc1S(=O)(=O)Nc1ccc(C)c(OC(F)(F)F)c1. The highest BCUT2D eigenvalue weighted by Crippen LogP contribution is 2.34. The Balaban J connectivity index is 1.84. The van der Waals surface area contributed by atoms with E-state index in [0.717, 1.165) is 18.9 Å². The Hall–Kier alpha value is -3.48. The molecule has 0 aromatic heterocycles. The number of benzene rings is 2. The van der Waals surface area contributed by atoms with Crippen molar-refractivity contribution in [3.63, 3.8) is 0 Å². The number of aliphatic carboxylic acids is 1. The Labute approximate surface area is 212 Å². The number of hydrogen-bond donors (Lipinski definition) is 3. The van der Waals surface area contributed by atoms with Crippen LogP contribution in [0.4, 0.5) is 24.5 Å². The second kappa shape index (κ2) is 11.3. The zero-order valence-electron chi connectivity index (χ0n) is 20.1. The van der Waals surface area contributed by atoms with Gasteiger partial charge in [0.2, 0.25) is 5.91 Å². The van der Waals surface area contributed by atoms with E-state index in [4.69, 9.17) is 4.74 Å². The van der Waals surface area contributed by atoms with Crippen molar-refractivity contribution < 1.29 is 45.8 Å². The quantitative estimate of drug-likeness (QED) is 0.408.